The number of hydrogen-bond acceptors (Lipinski definition) is 5. The lowest BCUT2D eigenvalue weighted by Crippen LogP contribution is -2.01. The molecule has 0 unspecified atom stereocenters. The molecule has 0 radical (unpaired) electrons. The molecule has 0 aliphatic carbocycles. The van der Waals surface area contributed by atoms with Crippen LogP contribution in [0, 0.1) is 10.1 Å². The van der Waals surface area contributed by atoms with E-state index in [0.717, 1.165) is 0 Å². The Morgan fingerprint density at radius 3 is 2.32 bits per heavy atom. The van der Waals surface area contributed by atoms with E-state index in [0.29, 0.717) is 11.3 Å². The van der Waals surface area contributed by atoms with Crippen molar-refractivity contribution in [2.75, 3.05) is 5.43 Å². The van der Waals surface area contributed by atoms with Gasteiger partial charge in [-0.3, -0.25) is 15.5 Å². The molecule has 0 fully saturated rings. The first kappa shape index (κ1) is 15.4. The number of non-ortho nitro benzene ring substituents is 1. The summed E-state index contributed by atoms with van der Waals surface area (Å²) in [5.41, 5.74) is 3.95. The van der Waals surface area contributed by atoms with Gasteiger partial charge in [0.2, 0.25) is 0 Å². The van der Waals surface area contributed by atoms with Crippen LogP contribution in [-0.4, -0.2) is 17.7 Å². The molecule has 6 nitrogen and oxygen atoms in total. The van der Waals surface area contributed by atoms with Gasteiger partial charge in [-0.05, 0) is 42.0 Å². The molecule has 0 aliphatic heterocycles. The highest BCUT2D eigenvalue weighted by molar-refractivity contribution is 5.80. The van der Waals surface area contributed by atoms with Gasteiger partial charge < -0.3 is 4.74 Å². The minimum absolute atomic E-state index is 0.0100. The van der Waals surface area contributed by atoms with Gasteiger partial charge in [-0.15, -0.1) is 0 Å². The van der Waals surface area contributed by atoms with Gasteiger partial charge in [-0.25, -0.2) is 0 Å². The normalized spacial score (nSPS) is 10.9. The molecule has 0 atom stereocenters. The molecule has 2 aromatic rings. The number of rotatable bonds is 6. The van der Waals surface area contributed by atoms with Crippen LogP contribution in [0.25, 0.3) is 0 Å². The van der Waals surface area contributed by atoms with Crippen LogP contribution in [0.5, 0.6) is 5.75 Å². The second-order valence-corrected chi connectivity index (χ2v) is 4.12. The van der Waals surface area contributed by atoms with Crippen LogP contribution in [0.3, 0.4) is 0 Å². The van der Waals surface area contributed by atoms with Gasteiger partial charge in [-0.1, -0.05) is 0 Å². The molecule has 1 N–H and O–H groups in total. The summed E-state index contributed by atoms with van der Waals surface area (Å²) in [6.45, 7) is -2.86. The van der Waals surface area contributed by atoms with E-state index in [9.17, 15) is 18.9 Å². The Morgan fingerprint density at radius 2 is 1.77 bits per heavy atom. The minimum atomic E-state index is -2.86. The molecule has 0 aromatic heterocycles. The van der Waals surface area contributed by atoms with E-state index in [1.165, 1.54) is 42.6 Å². The Morgan fingerprint density at radius 1 is 1.14 bits per heavy atom. The third-order valence-corrected chi connectivity index (χ3v) is 2.59. The molecular weight excluding hydrogens is 296 g/mol. The fraction of sp³-hybridized carbons (Fsp3) is 0.0714. The lowest BCUT2D eigenvalue weighted by molar-refractivity contribution is -0.384. The molecule has 0 saturated heterocycles. The van der Waals surface area contributed by atoms with E-state index in [1.807, 2.05) is 0 Å². The zero-order chi connectivity index (χ0) is 15.9. The minimum Gasteiger partial charge on any atom is -0.435 e. The summed E-state index contributed by atoms with van der Waals surface area (Å²) in [5, 5.41) is 14.4. The number of ether oxygens (including phenoxy) is 1. The highest BCUT2D eigenvalue weighted by Crippen LogP contribution is 2.16. The first-order valence-electron chi connectivity index (χ1n) is 6.13. The van der Waals surface area contributed by atoms with Gasteiger partial charge in [-0.2, -0.15) is 13.9 Å². The summed E-state index contributed by atoms with van der Waals surface area (Å²) >= 11 is 0. The number of alkyl halides is 2. The van der Waals surface area contributed by atoms with Gasteiger partial charge in [0.25, 0.3) is 5.69 Å². The molecule has 8 heteroatoms. The van der Waals surface area contributed by atoms with Crippen molar-refractivity contribution in [3.05, 3.63) is 64.2 Å². The molecule has 0 heterocycles. The average Bonchev–Trinajstić information content (AvgIpc) is 2.49. The Labute approximate surface area is 124 Å². The van der Waals surface area contributed by atoms with Crippen molar-refractivity contribution < 1.29 is 18.4 Å². The smallest absolute Gasteiger partial charge is 0.387 e. The monoisotopic (exact) mass is 307 g/mol. The summed E-state index contributed by atoms with van der Waals surface area (Å²) < 4.78 is 28.2. The van der Waals surface area contributed by atoms with Crippen LogP contribution >= 0.6 is 0 Å². The molecule has 0 spiro atoms. The highest BCUT2D eigenvalue weighted by atomic mass is 19.3. The first-order chi connectivity index (χ1) is 10.5. The second kappa shape index (κ2) is 7.11. The summed E-state index contributed by atoms with van der Waals surface area (Å²) in [5.74, 6) is 0.0653. The SMILES string of the molecule is O=[N+]([O-])c1ccc(N/N=C/c2ccc(OC(F)F)cc2)cc1. The van der Waals surface area contributed by atoms with Crippen molar-refractivity contribution in [1.82, 2.24) is 0 Å². The molecular formula is C14H11F2N3O3. The number of nitro groups is 1. The number of hydrogen-bond donors (Lipinski definition) is 1. The lowest BCUT2D eigenvalue weighted by Gasteiger charge is -2.03. The number of hydrazone groups is 1. The van der Waals surface area contributed by atoms with Crippen molar-refractivity contribution in [1.29, 1.82) is 0 Å². The molecule has 2 rings (SSSR count). The first-order valence-corrected chi connectivity index (χ1v) is 6.13. The Hall–Kier alpha value is -3.03. The van der Waals surface area contributed by atoms with Crippen molar-refractivity contribution in [2.24, 2.45) is 5.10 Å². The summed E-state index contributed by atoms with van der Waals surface area (Å²) in [7, 11) is 0. The molecule has 2 aromatic carbocycles. The second-order valence-electron chi connectivity index (χ2n) is 4.12. The quantitative estimate of drug-likeness (QED) is 0.502. The maximum atomic E-state index is 12.0. The average molecular weight is 307 g/mol. The molecule has 0 aliphatic rings. The van der Waals surface area contributed by atoms with E-state index < -0.39 is 11.5 Å². The standard InChI is InChI=1S/C14H11F2N3O3/c15-14(16)22-13-7-1-10(2-8-13)9-17-18-11-3-5-12(6-4-11)19(20)21/h1-9,14,18H/b17-9+. The van der Waals surface area contributed by atoms with Crippen LogP contribution in [0.2, 0.25) is 0 Å². The molecule has 0 amide bonds. The van der Waals surface area contributed by atoms with Gasteiger partial charge in [0.15, 0.2) is 0 Å². The van der Waals surface area contributed by atoms with E-state index in [-0.39, 0.29) is 11.4 Å². The van der Waals surface area contributed by atoms with Gasteiger partial charge >= 0.3 is 6.61 Å². The van der Waals surface area contributed by atoms with E-state index in [4.69, 9.17) is 0 Å². The Kier molecular flexibility index (Phi) is 4.97. The number of halogens is 2. The topological polar surface area (TPSA) is 76.8 Å². The zero-order valence-electron chi connectivity index (χ0n) is 11.1. The predicted molar refractivity (Wildman–Crippen MR) is 77.4 cm³/mol. The fourth-order valence-electron chi connectivity index (χ4n) is 1.57. The summed E-state index contributed by atoms with van der Waals surface area (Å²) in [4.78, 5) is 10.0. The largest absolute Gasteiger partial charge is 0.435 e. The fourth-order valence-corrected chi connectivity index (χ4v) is 1.57. The van der Waals surface area contributed by atoms with E-state index in [2.05, 4.69) is 15.3 Å². The summed E-state index contributed by atoms with van der Waals surface area (Å²) in [6, 6.07) is 11.7. The van der Waals surface area contributed by atoms with E-state index >= 15 is 0 Å². The van der Waals surface area contributed by atoms with Crippen molar-refractivity contribution >= 4 is 17.6 Å². The number of benzene rings is 2. The Bertz CT molecular complexity index is 658. The van der Waals surface area contributed by atoms with Gasteiger partial charge in [0.05, 0.1) is 16.8 Å². The van der Waals surface area contributed by atoms with Crippen LogP contribution in [0.4, 0.5) is 20.2 Å². The van der Waals surface area contributed by atoms with Crippen LogP contribution in [0.1, 0.15) is 5.56 Å². The predicted octanol–water partition coefficient (Wildman–Crippen LogP) is 3.64. The molecule has 22 heavy (non-hydrogen) atoms. The zero-order valence-corrected chi connectivity index (χ0v) is 11.1. The van der Waals surface area contributed by atoms with E-state index in [1.54, 1.807) is 12.1 Å². The third-order valence-electron chi connectivity index (χ3n) is 2.59. The van der Waals surface area contributed by atoms with Crippen molar-refractivity contribution in [3.63, 3.8) is 0 Å². The number of nitro benzene ring substituents is 1. The molecule has 114 valence electrons. The maximum Gasteiger partial charge on any atom is 0.387 e. The van der Waals surface area contributed by atoms with Gasteiger partial charge in [0, 0.05) is 12.1 Å². The number of anilines is 1. The Balaban J connectivity index is 1.93. The summed E-state index contributed by atoms with van der Waals surface area (Å²) in [6.07, 6.45) is 1.48. The van der Waals surface area contributed by atoms with Crippen LogP contribution in [-0.2, 0) is 0 Å². The van der Waals surface area contributed by atoms with Crippen LogP contribution in [0.15, 0.2) is 53.6 Å². The van der Waals surface area contributed by atoms with Gasteiger partial charge in [0.1, 0.15) is 5.75 Å². The number of nitrogens with zero attached hydrogens (tertiary/aromatic N) is 2. The van der Waals surface area contributed by atoms with Crippen LogP contribution < -0.4 is 10.2 Å². The van der Waals surface area contributed by atoms with Crippen molar-refractivity contribution in [2.45, 2.75) is 6.61 Å². The molecule has 0 saturated carbocycles. The lowest BCUT2D eigenvalue weighted by atomic mass is 10.2. The highest BCUT2D eigenvalue weighted by Gasteiger charge is 2.04. The third kappa shape index (κ3) is 4.51. The maximum absolute atomic E-state index is 12.0. The molecule has 0 bridgehead atoms. The van der Waals surface area contributed by atoms with Crippen molar-refractivity contribution in [3.8, 4) is 5.75 Å². The number of nitrogens with one attached hydrogen (secondary N) is 1.